The van der Waals surface area contributed by atoms with Crippen LogP contribution in [0.3, 0.4) is 0 Å². The van der Waals surface area contributed by atoms with E-state index in [0.29, 0.717) is 0 Å². The third-order valence-corrected chi connectivity index (χ3v) is 11.8. The molecule has 3 aromatic carbocycles. The van der Waals surface area contributed by atoms with E-state index < -0.39 is 7.26 Å². The molecule has 0 heterocycles. The van der Waals surface area contributed by atoms with Gasteiger partial charge >= 0.3 is 141 Å². The van der Waals surface area contributed by atoms with Crippen molar-refractivity contribution < 1.29 is 0 Å². The van der Waals surface area contributed by atoms with Gasteiger partial charge in [0.25, 0.3) is 0 Å². The van der Waals surface area contributed by atoms with Gasteiger partial charge in [0.15, 0.2) is 0 Å². The Hall–Kier alpha value is -1.18. The van der Waals surface area contributed by atoms with Crippen LogP contribution in [0.5, 0.6) is 0 Å². The molecule has 0 saturated heterocycles. The number of benzene rings is 3. The summed E-state index contributed by atoms with van der Waals surface area (Å²) in [6, 6.07) is 33.1. The molecule has 0 amide bonds. The van der Waals surface area contributed by atoms with E-state index in [4.69, 9.17) is 0 Å². The normalized spacial score (nSPS) is 12.0. The van der Waals surface area contributed by atoms with Gasteiger partial charge in [0.2, 0.25) is 0 Å². The van der Waals surface area contributed by atoms with Crippen molar-refractivity contribution >= 4 is 45.8 Å². The minimum absolute atomic E-state index is 1.14. The second kappa shape index (κ2) is 6.72. The summed E-state index contributed by atoms with van der Waals surface area (Å²) < 4.78 is 1.14. The molecule has 0 saturated carbocycles. The molecule has 0 aliphatic carbocycles. The molecule has 21 heavy (non-hydrogen) atoms. The molecular weight excluding hydrogens is 386 g/mol. The van der Waals surface area contributed by atoms with Gasteiger partial charge in [-0.15, -0.1) is 0 Å². The van der Waals surface area contributed by atoms with Crippen molar-refractivity contribution in [1.29, 1.82) is 0 Å². The number of halogens is 1. The van der Waals surface area contributed by atoms with Gasteiger partial charge < -0.3 is 0 Å². The molecule has 106 valence electrons. The predicted molar refractivity (Wildman–Crippen MR) is 105 cm³/mol. The van der Waals surface area contributed by atoms with Crippen LogP contribution in [0.4, 0.5) is 0 Å². The molecule has 0 radical (unpaired) electrons. The summed E-state index contributed by atoms with van der Waals surface area (Å²) in [6.07, 6.45) is 0. The molecule has 0 bridgehead atoms. The van der Waals surface area contributed by atoms with E-state index in [9.17, 15) is 0 Å². The first-order valence-corrected chi connectivity index (χ1v) is 10.8. The average molecular weight is 404 g/mol. The SMILES string of the molecule is IC[PH](c1ccccc1)(c1ccccc1)c1ccccc1. The van der Waals surface area contributed by atoms with Crippen LogP contribution < -0.4 is 15.9 Å². The number of rotatable bonds is 4. The van der Waals surface area contributed by atoms with E-state index in [-0.39, 0.29) is 0 Å². The fourth-order valence-electron chi connectivity index (χ4n) is 2.90. The van der Waals surface area contributed by atoms with E-state index in [1.807, 2.05) is 0 Å². The fraction of sp³-hybridized carbons (Fsp3) is 0.0526. The standard InChI is InChI=1S/C19H18IP/c20-16-21(17-10-4-1-5-11-17,18-12-6-2-7-13-18)19-14-8-3-9-15-19/h1-15,21H,16H2. The van der Waals surface area contributed by atoms with Crippen LogP contribution in [0.15, 0.2) is 91.0 Å². The van der Waals surface area contributed by atoms with Gasteiger partial charge in [-0.1, -0.05) is 0 Å². The summed E-state index contributed by atoms with van der Waals surface area (Å²) in [4.78, 5) is 0. The molecule has 0 N–H and O–H groups in total. The Morgan fingerprint density at radius 2 is 0.810 bits per heavy atom. The molecule has 0 aliphatic heterocycles. The van der Waals surface area contributed by atoms with Gasteiger partial charge in [-0.3, -0.25) is 0 Å². The fourth-order valence-corrected chi connectivity index (χ4v) is 10.6. The second-order valence-corrected chi connectivity index (χ2v) is 11.2. The molecule has 2 heteroatoms. The minimum atomic E-state index is -1.91. The Balaban J connectivity index is 2.29. The van der Waals surface area contributed by atoms with Crippen molar-refractivity contribution in [3.8, 4) is 0 Å². The van der Waals surface area contributed by atoms with Crippen LogP contribution in [-0.4, -0.2) is 4.17 Å². The Bertz CT molecular complexity index is 584. The summed E-state index contributed by atoms with van der Waals surface area (Å²) in [5, 5.41) is 4.45. The van der Waals surface area contributed by atoms with Crippen LogP contribution in [-0.2, 0) is 0 Å². The molecule has 3 aromatic rings. The van der Waals surface area contributed by atoms with E-state index >= 15 is 0 Å². The van der Waals surface area contributed by atoms with Crippen molar-refractivity contribution in [2.24, 2.45) is 0 Å². The van der Waals surface area contributed by atoms with Gasteiger partial charge in [-0.25, -0.2) is 0 Å². The maximum atomic E-state index is 2.57. The van der Waals surface area contributed by atoms with Gasteiger partial charge in [-0.2, -0.15) is 0 Å². The predicted octanol–water partition coefficient (Wildman–Crippen LogP) is 4.11. The molecule has 0 fully saturated rings. The molecule has 0 atom stereocenters. The molecule has 0 nitrogen and oxygen atoms in total. The van der Waals surface area contributed by atoms with Crippen molar-refractivity contribution in [2.75, 3.05) is 4.17 Å². The summed E-state index contributed by atoms with van der Waals surface area (Å²) in [5.74, 6) is 0. The van der Waals surface area contributed by atoms with Gasteiger partial charge in [-0.05, 0) is 0 Å². The summed E-state index contributed by atoms with van der Waals surface area (Å²) in [5.41, 5.74) is 0. The zero-order valence-electron chi connectivity index (χ0n) is 11.7. The first-order chi connectivity index (χ1) is 10.4. The first-order valence-electron chi connectivity index (χ1n) is 7.10. The number of alkyl halides is 1. The zero-order valence-corrected chi connectivity index (χ0v) is 14.9. The summed E-state index contributed by atoms with van der Waals surface area (Å²) in [6.45, 7) is 0. The summed E-state index contributed by atoms with van der Waals surface area (Å²) in [7, 11) is -1.91. The average Bonchev–Trinajstić information content (AvgIpc) is 2.59. The van der Waals surface area contributed by atoms with E-state index in [0.717, 1.165) is 4.17 Å². The third-order valence-electron chi connectivity index (χ3n) is 4.00. The molecule has 3 rings (SSSR count). The topological polar surface area (TPSA) is 0 Å². The zero-order chi connectivity index (χ0) is 14.5. The Kier molecular flexibility index (Phi) is 4.72. The van der Waals surface area contributed by atoms with Gasteiger partial charge in [0.05, 0.1) is 0 Å². The van der Waals surface area contributed by atoms with Crippen molar-refractivity contribution in [1.82, 2.24) is 0 Å². The van der Waals surface area contributed by atoms with Crippen LogP contribution in [0.1, 0.15) is 0 Å². The summed E-state index contributed by atoms with van der Waals surface area (Å²) >= 11 is 2.57. The van der Waals surface area contributed by atoms with E-state index in [1.165, 1.54) is 15.9 Å². The monoisotopic (exact) mass is 404 g/mol. The van der Waals surface area contributed by atoms with E-state index in [1.54, 1.807) is 0 Å². The Labute approximate surface area is 140 Å². The second-order valence-electron chi connectivity index (χ2n) is 5.14. The van der Waals surface area contributed by atoms with E-state index in [2.05, 4.69) is 114 Å². The molecular formula is C19H18IP. The molecule has 0 unspecified atom stereocenters. The van der Waals surface area contributed by atoms with Crippen molar-refractivity contribution in [3.05, 3.63) is 91.0 Å². The van der Waals surface area contributed by atoms with Crippen LogP contribution >= 0.6 is 29.9 Å². The third kappa shape index (κ3) is 2.77. The first kappa shape index (κ1) is 14.7. The van der Waals surface area contributed by atoms with Gasteiger partial charge in [0.1, 0.15) is 0 Å². The maximum absolute atomic E-state index is 2.57. The van der Waals surface area contributed by atoms with Crippen molar-refractivity contribution in [2.45, 2.75) is 0 Å². The van der Waals surface area contributed by atoms with Gasteiger partial charge in [0, 0.05) is 0 Å². The molecule has 0 aliphatic rings. The van der Waals surface area contributed by atoms with Crippen LogP contribution in [0.25, 0.3) is 0 Å². The van der Waals surface area contributed by atoms with Crippen LogP contribution in [0, 0.1) is 0 Å². The number of hydrogen-bond donors (Lipinski definition) is 0. The number of hydrogen-bond acceptors (Lipinski definition) is 0. The molecule has 0 aromatic heterocycles. The van der Waals surface area contributed by atoms with Crippen molar-refractivity contribution in [3.63, 3.8) is 0 Å². The quantitative estimate of drug-likeness (QED) is 0.349. The Morgan fingerprint density at radius 3 is 1.05 bits per heavy atom. The van der Waals surface area contributed by atoms with Crippen LogP contribution in [0.2, 0.25) is 0 Å². The Morgan fingerprint density at radius 1 is 0.524 bits per heavy atom. The molecule has 0 spiro atoms.